The molecular formula is C31H35N7O5. The van der Waals surface area contributed by atoms with E-state index in [2.05, 4.69) is 20.3 Å². The average molecular weight is 586 g/mol. The molecule has 3 aromatic heterocycles. The van der Waals surface area contributed by atoms with E-state index in [0.29, 0.717) is 54.3 Å². The fourth-order valence-corrected chi connectivity index (χ4v) is 5.09. The molecule has 2 aliphatic rings. The molecule has 0 spiro atoms. The largest absolute Gasteiger partial charge is 0.503 e. The summed E-state index contributed by atoms with van der Waals surface area (Å²) >= 11 is 0. The van der Waals surface area contributed by atoms with Gasteiger partial charge in [0.05, 0.1) is 24.0 Å². The maximum absolute atomic E-state index is 12.7. The van der Waals surface area contributed by atoms with Crippen LogP contribution >= 0.6 is 0 Å². The number of aryl methyl sites for hydroxylation is 1. The molecule has 0 bridgehead atoms. The Hall–Kier alpha value is -5.00. The second-order valence-electron chi connectivity index (χ2n) is 11.0. The van der Waals surface area contributed by atoms with Crippen molar-refractivity contribution in [2.45, 2.75) is 64.6 Å². The van der Waals surface area contributed by atoms with Crippen LogP contribution in [0.1, 0.15) is 76.8 Å². The van der Waals surface area contributed by atoms with Crippen LogP contribution in [0.15, 0.2) is 53.6 Å². The summed E-state index contributed by atoms with van der Waals surface area (Å²) in [7, 11) is 0. The summed E-state index contributed by atoms with van der Waals surface area (Å²) in [5.74, 6) is -0.978. The summed E-state index contributed by atoms with van der Waals surface area (Å²) in [5, 5.41) is 13.0. The Morgan fingerprint density at radius 3 is 2.58 bits per heavy atom. The minimum absolute atomic E-state index is 0.000912. The molecule has 3 amide bonds. The number of primary amides is 1. The van der Waals surface area contributed by atoms with Crippen molar-refractivity contribution in [2.24, 2.45) is 5.73 Å². The highest BCUT2D eigenvalue weighted by atomic mass is 16.3. The zero-order valence-electron chi connectivity index (χ0n) is 24.2. The molecule has 6 rings (SSSR count). The van der Waals surface area contributed by atoms with Crippen molar-refractivity contribution < 1.29 is 19.5 Å². The summed E-state index contributed by atoms with van der Waals surface area (Å²) in [6.07, 6.45) is 6.61. The Kier molecular flexibility index (Phi) is 8.56. The van der Waals surface area contributed by atoms with E-state index in [9.17, 15) is 24.3 Å². The molecule has 1 saturated carbocycles. The van der Waals surface area contributed by atoms with Crippen LogP contribution in [0.25, 0.3) is 11.2 Å². The lowest BCUT2D eigenvalue weighted by Gasteiger charge is -2.34. The molecule has 0 atom stereocenters. The SMILES string of the molecule is CC(C)N1CCn2c(CNC(=O)CCc3ccccc3)cc(=O)c(O)c2C1=O.NC(=O)c1c[nH]c2ncc(C3CC3)nc12. The van der Waals surface area contributed by atoms with Gasteiger partial charge in [-0.25, -0.2) is 9.97 Å². The first-order valence-corrected chi connectivity index (χ1v) is 14.3. The van der Waals surface area contributed by atoms with Crippen LogP contribution in [0.5, 0.6) is 5.75 Å². The van der Waals surface area contributed by atoms with E-state index >= 15 is 0 Å². The molecule has 4 heterocycles. The number of aromatic hydroxyl groups is 1. The lowest BCUT2D eigenvalue weighted by Crippen LogP contribution is -2.46. The molecule has 1 fully saturated rings. The van der Waals surface area contributed by atoms with Crippen LogP contribution in [0.3, 0.4) is 0 Å². The number of rotatable bonds is 8. The standard InChI is InChI=1S/C21H25N3O4.C10H10N4O/c1-14(2)23-10-11-24-16(12-17(25)20(27)19(24)21(23)28)13-22-18(26)9-8-15-6-4-3-5-7-15;11-9(15)6-3-12-10-8(6)14-7(4-13-10)5-1-2-5/h3-7,12,14,27H,8-11,13H2,1-2H3,(H,22,26);3-5H,1-2H2,(H2,11,15)(H,12,13). The van der Waals surface area contributed by atoms with E-state index in [4.69, 9.17) is 5.73 Å². The van der Waals surface area contributed by atoms with Gasteiger partial charge in [0.15, 0.2) is 17.1 Å². The van der Waals surface area contributed by atoms with Crippen LogP contribution in [-0.2, 0) is 24.3 Å². The van der Waals surface area contributed by atoms with Crippen molar-refractivity contribution in [1.82, 2.24) is 29.7 Å². The first kappa shape index (κ1) is 29.5. The smallest absolute Gasteiger partial charge is 0.274 e. The third-order valence-corrected chi connectivity index (χ3v) is 7.63. The van der Waals surface area contributed by atoms with Gasteiger partial charge in [0.25, 0.3) is 11.8 Å². The number of nitrogens with zero attached hydrogens (tertiary/aromatic N) is 4. The van der Waals surface area contributed by atoms with Crippen molar-refractivity contribution in [2.75, 3.05) is 6.54 Å². The Balaban J connectivity index is 0.000000204. The number of fused-ring (bicyclic) bond motifs is 2. The molecule has 43 heavy (non-hydrogen) atoms. The van der Waals surface area contributed by atoms with E-state index in [1.54, 1.807) is 21.9 Å². The zero-order chi connectivity index (χ0) is 30.7. The third kappa shape index (κ3) is 6.58. The van der Waals surface area contributed by atoms with Gasteiger partial charge in [0, 0.05) is 49.4 Å². The van der Waals surface area contributed by atoms with Crippen molar-refractivity contribution in [3.63, 3.8) is 0 Å². The van der Waals surface area contributed by atoms with E-state index < -0.39 is 17.1 Å². The van der Waals surface area contributed by atoms with Crippen molar-refractivity contribution in [1.29, 1.82) is 0 Å². The van der Waals surface area contributed by atoms with Gasteiger partial charge >= 0.3 is 0 Å². The van der Waals surface area contributed by atoms with Crippen LogP contribution < -0.4 is 16.5 Å². The van der Waals surface area contributed by atoms with Crippen LogP contribution in [-0.4, -0.2) is 59.8 Å². The maximum atomic E-state index is 12.7. The lowest BCUT2D eigenvalue weighted by molar-refractivity contribution is -0.121. The third-order valence-electron chi connectivity index (χ3n) is 7.63. The summed E-state index contributed by atoms with van der Waals surface area (Å²) in [6.45, 7) is 4.85. The molecule has 0 unspecified atom stereocenters. The Morgan fingerprint density at radius 2 is 1.91 bits per heavy atom. The summed E-state index contributed by atoms with van der Waals surface area (Å²) < 4.78 is 1.63. The van der Waals surface area contributed by atoms with Crippen molar-refractivity contribution >= 4 is 28.9 Å². The number of carbonyl (C=O) groups is 3. The minimum Gasteiger partial charge on any atom is -0.503 e. The van der Waals surface area contributed by atoms with E-state index in [1.807, 2.05) is 44.2 Å². The number of amides is 3. The topological polar surface area (TPSA) is 176 Å². The van der Waals surface area contributed by atoms with Gasteiger partial charge < -0.3 is 30.6 Å². The molecule has 1 aromatic carbocycles. The Labute approximate surface area is 247 Å². The molecule has 4 aromatic rings. The maximum Gasteiger partial charge on any atom is 0.274 e. The molecule has 224 valence electrons. The molecule has 1 aliphatic heterocycles. The van der Waals surface area contributed by atoms with Gasteiger partial charge in [-0.2, -0.15) is 0 Å². The van der Waals surface area contributed by atoms with Crippen molar-refractivity contribution in [3.05, 3.63) is 87.2 Å². The van der Waals surface area contributed by atoms with Gasteiger partial charge in [0.1, 0.15) is 5.52 Å². The van der Waals surface area contributed by atoms with Gasteiger partial charge in [0.2, 0.25) is 11.3 Å². The highest BCUT2D eigenvalue weighted by molar-refractivity contribution is 6.03. The highest BCUT2D eigenvalue weighted by Crippen LogP contribution is 2.39. The second-order valence-corrected chi connectivity index (χ2v) is 11.0. The van der Waals surface area contributed by atoms with E-state index in [-0.39, 0.29) is 30.1 Å². The van der Waals surface area contributed by atoms with Crippen LogP contribution in [0.2, 0.25) is 0 Å². The quantitative estimate of drug-likeness (QED) is 0.246. The molecule has 12 nitrogen and oxygen atoms in total. The number of aromatic amines is 1. The summed E-state index contributed by atoms with van der Waals surface area (Å²) in [4.78, 5) is 61.3. The van der Waals surface area contributed by atoms with Gasteiger partial charge in [-0.1, -0.05) is 30.3 Å². The first-order valence-electron chi connectivity index (χ1n) is 14.3. The summed E-state index contributed by atoms with van der Waals surface area (Å²) in [6, 6.07) is 11.0. The van der Waals surface area contributed by atoms with E-state index in [1.165, 1.54) is 6.07 Å². The monoisotopic (exact) mass is 585 g/mol. The summed E-state index contributed by atoms with van der Waals surface area (Å²) in [5.41, 5.74) is 8.81. The van der Waals surface area contributed by atoms with Crippen LogP contribution in [0.4, 0.5) is 0 Å². The molecule has 12 heteroatoms. The fourth-order valence-electron chi connectivity index (χ4n) is 5.09. The van der Waals surface area contributed by atoms with Gasteiger partial charge in [-0.05, 0) is 38.7 Å². The predicted octanol–water partition coefficient (Wildman–Crippen LogP) is 2.60. The van der Waals surface area contributed by atoms with Gasteiger partial charge in [-0.15, -0.1) is 0 Å². The number of H-pyrrole nitrogens is 1. The molecule has 0 saturated heterocycles. The number of aromatic nitrogens is 4. The normalized spacial score (nSPS) is 14.3. The number of benzene rings is 1. The fraction of sp³-hybridized carbons (Fsp3) is 0.355. The number of hydrogen-bond donors (Lipinski definition) is 4. The van der Waals surface area contributed by atoms with Crippen molar-refractivity contribution in [3.8, 4) is 5.75 Å². The molecule has 5 N–H and O–H groups in total. The van der Waals surface area contributed by atoms with Gasteiger partial charge in [-0.3, -0.25) is 19.2 Å². The second kappa shape index (κ2) is 12.5. The van der Waals surface area contributed by atoms with Crippen LogP contribution in [0, 0.1) is 0 Å². The lowest BCUT2D eigenvalue weighted by atomic mass is 10.1. The predicted molar refractivity (Wildman–Crippen MR) is 160 cm³/mol. The number of carbonyl (C=O) groups excluding carboxylic acids is 3. The first-order chi connectivity index (χ1) is 20.6. The molecule has 0 radical (unpaired) electrons. The average Bonchev–Trinajstić information content (AvgIpc) is 3.76. The Bertz CT molecular complexity index is 1720. The number of pyridine rings is 1. The minimum atomic E-state index is -0.612. The number of hydrogen-bond acceptors (Lipinski definition) is 7. The Morgan fingerprint density at radius 1 is 1.16 bits per heavy atom. The number of nitrogens with one attached hydrogen (secondary N) is 2. The highest BCUT2D eigenvalue weighted by Gasteiger charge is 2.31. The zero-order valence-corrected chi connectivity index (χ0v) is 24.2. The number of nitrogens with two attached hydrogens (primary N) is 1. The molecular weight excluding hydrogens is 550 g/mol. The molecule has 1 aliphatic carbocycles. The van der Waals surface area contributed by atoms with E-state index in [0.717, 1.165) is 24.1 Å².